The minimum Gasteiger partial charge on any atom is -0.493 e. The molecule has 0 aliphatic heterocycles. The number of carboxylic acids is 1. The van der Waals surface area contributed by atoms with Crippen LogP contribution in [0.2, 0.25) is 0 Å². The number of carbonyl (C=O) groups is 1. The van der Waals surface area contributed by atoms with E-state index in [0.29, 0.717) is 21.0 Å². The molecule has 4 rings (SSSR count). The SMILES string of the molecule is COc1cc(/C=c2\sc3nc4ccccc4n3c2=O)ccc1OC(C)C(=O)O. The van der Waals surface area contributed by atoms with E-state index in [1.165, 1.54) is 25.4 Å². The summed E-state index contributed by atoms with van der Waals surface area (Å²) < 4.78 is 12.9. The molecule has 0 saturated heterocycles. The summed E-state index contributed by atoms with van der Waals surface area (Å²) in [7, 11) is 1.47. The molecule has 1 unspecified atom stereocenters. The van der Waals surface area contributed by atoms with Crippen molar-refractivity contribution in [1.82, 2.24) is 9.38 Å². The van der Waals surface area contributed by atoms with Crippen LogP contribution >= 0.6 is 11.3 Å². The predicted molar refractivity (Wildman–Crippen MR) is 106 cm³/mol. The zero-order chi connectivity index (χ0) is 19.8. The molecule has 8 heteroatoms. The van der Waals surface area contributed by atoms with E-state index < -0.39 is 12.1 Å². The molecule has 0 spiro atoms. The number of nitrogens with zero attached hydrogens (tertiary/aromatic N) is 2. The normalized spacial score (nSPS) is 13.1. The fourth-order valence-corrected chi connectivity index (χ4v) is 3.86. The van der Waals surface area contributed by atoms with Gasteiger partial charge in [-0.3, -0.25) is 4.79 Å². The van der Waals surface area contributed by atoms with E-state index in [1.54, 1.807) is 28.7 Å². The largest absolute Gasteiger partial charge is 0.493 e. The smallest absolute Gasteiger partial charge is 0.344 e. The second kappa shape index (κ2) is 6.97. The molecule has 28 heavy (non-hydrogen) atoms. The molecule has 0 fully saturated rings. The van der Waals surface area contributed by atoms with Crippen LogP contribution in [0.5, 0.6) is 11.5 Å². The quantitative estimate of drug-likeness (QED) is 0.557. The minimum absolute atomic E-state index is 0.132. The highest BCUT2D eigenvalue weighted by Gasteiger charge is 2.16. The van der Waals surface area contributed by atoms with Gasteiger partial charge in [0.2, 0.25) is 0 Å². The van der Waals surface area contributed by atoms with Gasteiger partial charge in [-0.1, -0.05) is 29.5 Å². The molecule has 2 aromatic carbocycles. The van der Waals surface area contributed by atoms with Crippen molar-refractivity contribution >= 4 is 39.4 Å². The lowest BCUT2D eigenvalue weighted by molar-refractivity contribution is -0.144. The van der Waals surface area contributed by atoms with E-state index in [9.17, 15) is 9.59 Å². The number of fused-ring (bicyclic) bond motifs is 3. The number of benzene rings is 2. The Balaban J connectivity index is 1.77. The number of carboxylic acid groups (broad SMARTS) is 1. The number of rotatable bonds is 5. The second-order valence-corrected chi connectivity index (χ2v) is 7.15. The molecule has 0 saturated carbocycles. The van der Waals surface area contributed by atoms with Crippen LogP contribution in [0.15, 0.2) is 47.3 Å². The summed E-state index contributed by atoms with van der Waals surface area (Å²) >= 11 is 1.31. The highest BCUT2D eigenvalue weighted by atomic mass is 32.1. The van der Waals surface area contributed by atoms with Crippen LogP contribution in [0.4, 0.5) is 0 Å². The summed E-state index contributed by atoms with van der Waals surface area (Å²) in [6.45, 7) is 1.44. The fourth-order valence-electron chi connectivity index (χ4n) is 2.88. The van der Waals surface area contributed by atoms with Gasteiger partial charge in [0.05, 0.1) is 22.7 Å². The maximum absolute atomic E-state index is 12.8. The summed E-state index contributed by atoms with van der Waals surface area (Å²) in [6, 6.07) is 12.6. The van der Waals surface area contributed by atoms with Gasteiger partial charge in [0, 0.05) is 0 Å². The first-order chi connectivity index (χ1) is 13.5. The Bertz CT molecular complexity index is 1310. The lowest BCUT2D eigenvalue weighted by Crippen LogP contribution is -2.23. The number of methoxy groups -OCH3 is 1. The van der Waals surface area contributed by atoms with Crippen molar-refractivity contribution in [3.05, 3.63) is 62.9 Å². The Morgan fingerprint density at radius 1 is 1.25 bits per heavy atom. The molecule has 0 radical (unpaired) electrons. The van der Waals surface area contributed by atoms with Crippen LogP contribution < -0.4 is 19.6 Å². The van der Waals surface area contributed by atoms with Crippen LogP contribution in [0.3, 0.4) is 0 Å². The Labute approximate surface area is 163 Å². The zero-order valence-corrected chi connectivity index (χ0v) is 15.9. The number of hydrogen-bond donors (Lipinski definition) is 1. The average Bonchev–Trinajstić information content (AvgIpc) is 3.19. The summed E-state index contributed by atoms with van der Waals surface area (Å²) in [4.78, 5) is 29.0. The Morgan fingerprint density at radius 3 is 2.79 bits per heavy atom. The topological polar surface area (TPSA) is 90.1 Å². The molecule has 1 N–H and O–H groups in total. The standard InChI is InChI=1S/C20H16N2O5S/c1-11(19(24)25)27-15-8-7-12(9-16(15)26-2)10-17-18(23)22-14-6-4-3-5-13(14)21-20(22)28-17/h3-11H,1-2H3,(H,24,25)/b17-10-. The maximum Gasteiger partial charge on any atom is 0.344 e. The third-order valence-electron chi connectivity index (χ3n) is 4.28. The molecule has 0 aliphatic rings. The van der Waals surface area contributed by atoms with Crippen LogP contribution in [0.1, 0.15) is 12.5 Å². The molecule has 2 aromatic heterocycles. The lowest BCUT2D eigenvalue weighted by Gasteiger charge is -2.14. The van der Waals surface area contributed by atoms with Gasteiger partial charge in [-0.25, -0.2) is 14.2 Å². The van der Waals surface area contributed by atoms with E-state index >= 15 is 0 Å². The number of thiazole rings is 1. The molecule has 1 atom stereocenters. The first-order valence-corrected chi connectivity index (χ1v) is 9.29. The molecular weight excluding hydrogens is 380 g/mol. The third kappa shape index (κ3) is 3.07. The molecule has 0 bridgehead atoms. The van der Waals surface area contributed by atoms with Crippen molar-refractivity contribution < 1.29 is 19.4 Å². The zero-order valence-electron chi connectivity index (χ0n) is 15.1. The number of ether oxygens (including phenoxy) is 2. The number of aliphatic carboxylic acids is 1. The molecular formula is C20H16N2O5S. The second-order valence-electron chi connectivity index (χ2n) is 6.14. The monoisotopic (exact) mass is 396 g/mol. The van der Waals surface area contributed by atoms with Crippen molar-refractivity contribution in [3.63, 3.8) is 0 Å². The minimum atomic E-state index is -1.07. The highest BCUT2D eigenvalue weighted by Crippen LogP contribution is 2.29. The molecule has 0 aliphatic carbocycles. The molecule has 7 nitrogen and oxygen atoms in total. The van der Waals surface area contributed by atoms with Gasteiger partial charge in [0.25, 0.3) is 5.56 Å². The number of aromatic nitrogens is 2. The molecule has 2 heterocycles. The Kier molecular flexibility index (Phi) is 4.48. The van der Waals surface area contributed by atoms with E-state index in [4.69, 9.17) is 14.6 Å². The van der Waals surface area contributed by atoms with Crippen molar-refractivity contribution in [2.24, 2.45) is 0 Å². The van der Waals surface area contributed by atoms with Gasteiger partial charge < -0.3 is 14.6 Å². The number of para-hydroxylation sites is 2. The fraction of sp³-hybridized carbons (Fsp3) is 0.150. The summed E-state index contributed by atoms with van der Waals surface area (Å²) in [5.74, 6) is -0.354. The Hall–Kier alpha value is -3.39. The van der Waals surface area contributed by atoms with Gasteiger partial charge in [0.15, 0.2) is 22.6 Å². The van der Waals surface area contributed by atoms with Gasteiger partial charge >= 0.3 is 5.97 Å². The number of imidazole rings is 1. The lowest BCUT2D eigenvalue weighted by atomic mass is 10.2. The van der Waals surface area contributed by atoms with E-state index in [0.717, 1.165) is 16.6 Å². The molecule has 0 amide bonds. The van der Waals surface area contributed by atoms with Crippen molar-refractivity contribution in [2.45, 2.75) is 13.0 Å². The van der Waals surface area contributed by atoms with Gasteiger partial charge in [0.1, 0.15) is 0 Å². The van der Waals surface area contributed by atoms with Gasteiger partial charge in [-0.2, -0.15) is 0 Å². The predicted octanol–water partition coefficient (Wildman–Crippen LogP) is 2.32. The highest BCUT2D eigenvalue weighted by molar-refractivity contribution is 7.15. The Morgan fingerprint density at radius 2 is 2.04 bits per heavy atom. The van der Waals surface area contributed by atoms with Crippen molar-refractivity contribution in [3.8, 4) is 11.5 Å². The average molecular weight is 396 g/mol. The van der Waals surface area contributed by atoms with E-state index in [2.05, 4.69) is 4.98 Å². The number of hydrogen-bond acceptors (Lipinski definition) is 6. The molecule has 4 aromatic rings. The summed E-state index contributed by atoms with van der Waals surface area (Å²) in [5.41, 5.74) is 2.17. The summed E-state index contributed by atoms with van der Waals surface area (Å²) in [5, 5.41) is 9.00. The maximum atomic E-state index is 12.8. The van der Waals surface area contributed by atoms with Gasteiger partial charge in [-0.05, 0) is 42.8 Å². The van der Waals surface area contributed by atoms with Crippen molar-refractivity contribution in [1.29, 1.82) is 0 Å². The van der Waals surface area contributed by atoms with Crippen LogP contribution in [0.25, 0.3) is 22.1 Å². The third-order valence-corrected chi connectivity index (χ3v) is 5.25. The van der Waals surface area contributed by atoms with Crippen molar-refractivity contribution in [2.75, 3.05) is 7.11 Å². The van der Waals surface area contributed by atoms with Gasteiger partial charge in [-0.15, -0.1) is 0 Å². The first kappa shape index (κ1) is 18.0. The van der Waals surface area contributed by atoms with Crippen LogP contribution in [-0.4, -0.2) is 33.7 Å². The van der Waals surface area contributed by atoms with Crippen LogP contribution in [0, 0.1) is 0 Å². The molecule has 142 valence electrons. The summed E-state index contributed by atoms with van der Waals surface area (Å²) in [6.07, 6.45) is 0.749. The van der Waals surface area contributed by atoms with E-state index in [1.807, 2.05) is 24.3 Å². The van der Waals surface area contributed by atoms with E-state index in [-0.39, 0.29) is 5.56 Å². The van der Waals surface area contributed by atoms with Crippen LogP contribution in [-0.2, 0) is 4.79 Å². The first-order valence-electron chi connectivity index (χ1n) is 8.47.